The number of thioether (sulfide) groups is 1. The second-order valence-corrected chi connectivity index (χ2v) is 8.20. The third kappa shape index (κ3) is 6.13. The van der Waals surface area contributed by atoms with Gasteiger partial charge in [0, 0.05) is 32.7 Å². The van der Waals surface area contributed by atoms with Crippen LogP contribution in [0.5, 0.6) is 0 Å². The molecule has 1 aromatic heterocycles. The predicted molar refractivity (Wildman–Crippen MR) is 117 cm³/mol. The molecule has 3 aromatic rings. The van der Waals surface area contributed by atoms with Gasteiger partial charge < -0.3 is 0 Å². The van der Waals surface area contributed by atoms with Crippen LogP contribution >= 0.6 is 27.7 Å². The molecule has 0 fully saturated rings. The van der Waals surface area contributed by atoms with Crippen LogP contribution in [0.15, 0.2) is 64.2 Å². The first-order valence-corrected chi connectivity index (χ1v) is 10.6. The lowest BCUT2D eigenvalue weighted by atomic mass is 10.1. The molecule has 0 bridgehead atoms. The molecule has 2 N–H and O–H groups in total. The lowest BCUT2D eigenvalue weighted by molar-refractivity contribution is 0.0846. The van der Waals surface area contributed by atoms with Crippen LogP contribution in [0.2, 0.25) is 0 Å². The first kappa shape index (κ1) is 21.0. The van der Waals surface area contributed by atoms with Crippen LogP contribution in [0.4, 0.5) is 0 Å². The van der Waals surface area contributed by atoms with Crippen molar-refractivity contribution >= 4 is 39.5 Å². The number of hydrazine groups is 1. The number of hydrogen-bond acceptors (Lipinski definition) is 5. The summed E-state index contributed by atoms with van der Waals surface area (Å²) in [6.45, 7) is 3.89. The van der Waals surface area contributed by atoms with E-state index in [1.807, 2.05) is 38.1 Å². The van der Waals surface area contributed by atoms with Crippen LogP contribution in [0.25, 0.3) is 0 Å². The van der Waals surface area contributed by atoms with Gasteiger partial charge in [0.25, 0.3) is 11.8 Å². The summed E-state index contributed by atoms with van der Waals surface area (Å²) in [4.78, 5) is 33.2. The van der Waals surface area contributed by atoms with Gasteiger partial charge in [0.1, 0.15) is 0 Å². The fourth-order valence-corrected chi connectivity index (χ4v) is 3.85. The number of hydrogen-bond donors (Lipinski definition) is 2. The maximum Gasteiger partial charge on any atom is 0.269 e. The van der Waals surface area contributed by atoms with Crippen LogP contribution in [-0.4, -0.2) is 21.8 Å². The Labute approximate surface area is 181 Å². The molecule has 0 unspecified atom stereocenters. The Morgan fingerprint density at radius 2 is 1.52 bits per heavy atom. The Hall–Kier alpha value is -2.71. The van der Waals surface area contributed by atoms with Crippen LogP contribution in [0.3, 0.4) is 0 Å². The Kier molecular flexibility index (Phi) is 7.00. The van der Waals surface area contributed by atoms with Gasteiger partial charge in [-0.3, -0.25) is 20.4 Å². The normalized spacial score (nSPS) is 10.4. The molecule has 0 aliphatic heterocycles. The topological polar surface area (TPSA) is 84.0 Å². The second kappa shape index (κ2) is 9.67. The molecule has 29 heavy (non-hydrogen) atoms. The monoisotopic (exact) mass is 470 g/mol. The summed E-state index contributed by atoms with van der Waals surface area (Å²) in [5, 5.41) is 0.736. The fraction of sp³-hybridized carbons (Fsp3) is 0.143. The molecule has 0 radical (unpaired) electrons. The SMILES string of the molecule is Cc1cc(C)nc(SCc2ccc(C(=O)NNC(=O)c3cccc(Br)c3)cc2)n1. The van der Waals surface area contributed by atoms with Crippen molar-refractivity contribution in [1.82, 2.24) is 20.8 Å². The van der Waals surface area contributed by atoms with Crippen LogP contribution < -0.4 is 10.9 Å². The molecule has 2 aromatic carbocycles. The van der Waals surface area contributed by atoms with E-state index in [0.717, 1.165) is 26.6 Å². The number of halogens is 1. The van der Waals surface area contributed by atoms with Crippen molar-refractivity contribution in [2.75, 3.05) is 0 Å². The van der Waals surface area contributed by atoms with E-state index in [2.05, 4.69) is 36.7 Å². The lowest BCUT2D eigenvalue weighted by Gasteiger charge is -2.08. The second-order valence-electron chi connectivity index (χ2n) is 6.34. The molecule has 148 valence electrons. The number of benzene rings is 2. The summed E-state index contributed by atoms with van der Waals surface area (Å²) in [5.41, 5.74) is 8.68. The zero-order valence-corrected chi connectivity index (χ0v) is 18.3. The highest BCUT2D eigenvalue weighted by Gasteiger charge is 2.10. The summed E-state index contributed by atoms with van der Waals surface area (Å²) in [6.07, 6.45) is 0. The van der Waals surface area contributed by atoms with Crippen LogP contribution in [0.1, 0.15) is 37.7 Å². The van der Waals surface area contributed by atoms with Crippen molar-refractivity contribution in [3.63, 3.8) is 0 Å². The Morgan fingerprint density at radius 1 is 0.897 bits per heavy atom. The number of nitrogens with one attached hydrogen (secondary N) is 2. The molecule has 3 rings (SSSR count). The van der Waals surface area contributed by atoms with Crippen molar-refractivity contribution in [3.05, 3.63) is 87.1 Å². The summed E-state index contributed by atoms with van der Waals surface area (Å²) in [5.74, 6) is -0.0731. The number of rotatable bonds is 5. The Morgan fingerprint density at radius 3 is 2.14 bits per heavy atom. The van der Waals surface area contributed by atoms with Crippen LogP contribution in [-0.2, 0) is 5.75 Å². The average Bonchev–Trinajstić information content (AvgIpc) is 2.70. The lowest BCUT2D eigenvalue weighted by Crippen LogP contribution is -2.41. The number of aryl methyl sites for hydroxylation is 2. The minimum absolute atomic E-state index is 0.384. The third-order valence-corrected chi connectivity index (χ3v) is 5.33. The van der Waals surface area contributed by atoms with Gasteiger partial charge in [-0.1, -0.05) is 45.9 Å². The molecule has 1 heterocycles. The van der Waals surface area contributed by atoms with Crippen molar-refractivity contribution in [1.29, 1.82) is 0 Å². The average molecular weight is 471 g/mol. The van der Waals surface area contributed by atoms with E-state index in [0.29, 0.717) is 16.9 Å². The molecule has 0 aliphatic carbocycles. The highest BCUT2D eigenvalue weighted by atomic mass is 79.9. The van der Waals surface area contributed by atoms with E-state index >= 15 is 0 Å². The van der Waals surface area contributed by atoms with Crippen LogP contribution in [0, 0.1) is 13.8 Å². The number of carbonyl (C=O) groups is 2. The maximum atomic E-state index is 12.3. The summed E-state index contributed by atoms with van der Waals surface area (Å²) < 4.78 is 0.788. The summed E-state index contributed by atoms with van der Waals surface area (Å²) in [7, 11) is 0. The van der Waals surface area contributed by atoms with E-state index in [4.69, 9.17) is 0 Å². The largest absolute Gasteiger partial charge is 0.269 e. The summed E-state index contributed by atoms with van der Waals surface area (Å²) in [6, 6.07) is 16.0. The Balaban J connectivity index is 1.53. The standard InChI is InChI=1S/C21H19BrN4O2S/c1-13-10-14(2)24-21(23-13)29-12-15-6-8-16(9-7-15)19(27)25-26-20(28)17-4-3-5-18(22)11-17/h3-11H,12H2,1-2H3,(H,25,27)(H,26,28). The molecular weight excluding hydrogens is 452 g/mol. The molecular formula is C21H19BrN4O2S. The van der Waals surface area contributed by atoms with E-state index < -0.39 is 0 Å². The molecule has 6 nitrogen and oxygen atoms in total. The predicted octanol–water partition coefficient (Wildman–Crippen LogP) is 4.22. The molecule has 2 amide bonds. The van der Waals surface area contributed by atoms with Gasteiger partial charge in [0.2, 0.25) is 0 Å². The molecule has 0 saturated carbocycles. The van der Waals surface area contributed by atoms with E-state index in [1.54, 1.807) is 42.1 Å². The number of carbonyl (C=O) groups excluding carboxylic acids is 2. The first-order chi connectivity index (χ1) is 13.9. The van der Waals surface area contributed by atoms with Crippen molar-refractivity contribution < 1.29 is 9.59 Å². The molecule has 8 heteroatoms. The fourth-order valence-electron chi connectivity index (χ4n) is 2.55. The highest BCUT2D eigenvalue weighted by molar-refractivity contribution is 9.10. The van der Waals surface area contributed by atoms with Crippen molar-refractivity contribution in [2.24, 2.45) is 0 Å². The van der Waals surface area contributed by atoms with E-state index in [1.165, 1.54) is 0 Å². The smallest absolute Gasteiger partial charge is 0.267 e. The first-order valence-electron chi connectivity index (χ1n) is 8.81. The Bertz CT molecular complexity index is 1020. The van der Waals surface area contributed by atoms with E-state index in [9.17, 15) is 9.59 Å². The number of aromatic nitrogens is 2. The van der Waals surface area contributed by atoms with Gasteiger partial charge in [-0.25, -0.2) is 9.97 Å². The van der Waals surface area contributed by atoms with Gasteiger partial charge in [-0.2, -0.15) is 0 Å². The molecule has 0 aliphatic rings. The zero-order valence-electron chi connectivity index (χ0n) is 15.9. The third-order valence-electron chi connectivity index (χ3n) is 3.92. The van der Waals surface area contributed by atoms with Gasteiger partial charge in [0.05, 0.1) is 0 Å². The zero-order chi connectivity index (χ0) is 20.8. The highest BCUT2D eigenvalue weighted by Crippen LogP contribution is 2.20. The minimum atomic E-state index is -0.388. The van der Waals surface area contributed by atoms with Gasteiger partial charge in [-0.05, 0) is 55.8 Å². The van der Waals surface area contributed by atoms with Gasteiger partial charge in [0.15, 0.2) is 5.16 Å². The maximum absolute atomic E-state index is 12.3. The number of nitrogens with zero attached hydrogens (tertiary/aromatic N) is 2. The van der Waals surface area contributed by atoms with E-state index in [-0.39, 0.29) is 11.8 Å². The minimum Gasteiger partial charge on any atom is -0.267 e. The quantitative estimate of drug-likeness (QED) is 0.331. The molecule has 0 atom stereocenters. The molecule has 0 saturated heterocycles. The molecule has 0 spiro atoms. The van der Waals surface area contributed by atoms with Crippen molar-refractivity contribution in [2.45, 2.75) is 24.8 Å². The van der Waals surface area contributed by atoms with Crippen molar-refractivity contribution in [3.8, 4) is 0 Å². The summed E-state index contributed by atoms with van der Waals surface area (Å²) >= 11 is 4.86. The van der Waals surface area contributed by atoms with Gasteiger partial charge >= 0.3 is 0 Å². The van der Waals surface area contributed by atoms with Gasteiger partial charge in [-0.15, -0.1) is 0 Å². The number of amides is 2.